The normalized spacial score (nSPS) is 14.2. The molecule has 1 N–H and O–H groups in total. The van der Waals surface area contributed by atoms with Gasteiger partial charge in [-0.3, -0.25) is 9.48 Å². The lowest BCUT2D eigenvalue weighted by Gasteiger charge is -2.17. The van der Waals surface area contributed by atoms with Crippen LogP contribution in [0.25, 0.3) is 11.1 Å². The number of rotatable bonds is 7. The smallest absolute Gasteiger partial charge is 0.338 e. The van der Waals surface area contributed by atoms with Crippen LogP contribution in [0.2, 0.25) is 0 Å². The van der Waals surface area contributed by atoms with E-state index >= 15 is 0 Å². The summed E-state index contributed by atoms with van der Waals surface area (Å²) in [4.78, 5) is 25.5. The predicted molar refractivity (Wildman–Crippen MR) is 120 cm³/mol. The summed E-state index contributed by atoms with van der Waals surface area (Å²) >= 11 is 0. The van der Waals surface area contributed by atoms with Gasteiger partial charge in [-0.1, -0.05) is 26.0 Å². The third-order valence-corrected chi connectivity index (χ3v) is 5.81. The van der Waals surface area contributed by atoms with E-state index in [2.05, 4.69) is 24.3 Å². The van der Waals surface area contributed by atoms with Gasteiger partial charge in [0.2, 0.25) is 5.91 Å². The van der Waals surface area contributed by atoms with Gasteiger partial charge in [-0.05, 0) is 42.5 Å². The second-order valence-electron chi connectivity index (χ2n) is 8.76. The van der Waals surface area contributed by atoms with Crippen LogP contribution in [-0.2, 0) is 21.5 Å². The van der Waals surface area contributed by atoms with Gasteiger partial charge in [0.25, 0.3) is 0 Å². The molecule has 1 heterocycles. The Kier molecular flexibility index (Phi) is 6.01. The molecule has 0 unspecified atom stereocenters. The minimum absolute atomic E-state index is 0.170. The first-order valence-corrected chi connectivity index (χ1v) is 10.8. The Bertz CT molecular complexity index is 1220. The molecule has 3 aromatic rings. The third kappa shape index (κ3) is 4.51. The van der Waals surface area contributed by atoms with Gasteiger partial charge in [-0.2, -0.15) is 5.10 Å². The predicted octanol–water partition coefficient (Wildman–Crippen LogP) is 4.94. The second kappa shape index (κ2) is 8.77. The highest BCUT2D eigenvalue weighted by Gasteiger charge is 2.52. The molecule has 2 aromatic carbocycles. The number of carbonyl (C=O) groups excluding carboxylic acids is 2. The molecule has 0 spiro atoms. The fourth-order valence-electron chi connectivity index (χ4n) is 4.00. The minimum atomic E-state index is -1.04. The highest BCUT2D eigenvalue weighted by molar-refractivity contribution is 6.03. The topological polar surface area (TPSA) is 73.2 Å². The monoisotopic (exact) mass is 453 g/mol. The number of halogens is 2. The van der Waals surface area contributed by atoms with Crippen LogP contribution in [0, 0.1) is 17.6 Å². The van der Waals surface area contributed by atoms with E-state index in [4.69, 9.17) is 4.74 Å². The van der Waals surface area contributed by atoms with E-state index < -0.39 is 28.9 Å². The quantitative estimate of drug-likeness (QED) is 0.514. The summed E-state index contributed by atoms with van der Waals surface area (Å²) in [5.41, 5.74) is 1.16. The van der Waals surface area contributed by atoms with Crippen LogP contribution in [0.5, 0.6) is 0 Å². The van der Waals surface area contributed by atoms with Crippen molar-refractivity contribution >= 4 is 17.6 Å². The van der Waals surface area contributed by atoms with E-state index in [1.165, 1.54) is 19.2 Å². The molecule has 0 saturated heterocycles. The van der Waals surface area contributed by atoms with E-state index in [0.717, 1.165) is 24.2 Å². The molecule has 0 radical (unpaired) electrons. The van der Waals surface area contributed by atoms with Crippen LogP contribution in [0.15, 0.2) is 48.8 Å². The molecule has 1 aliphatic rings. The van der Waals surface area contributed by atoms with Gasteiger partial charge in [0, 0.05) is 35.6 Å². The standard InChI is InChI=1S/C25H25F2N3O3/c1-15(2)13-30-14-16(12-28-30)19-6-5-18(11-20(19)23(31)33-3)29-24(32)25(8-9-25)21-7-4-17(26)10-22(21)27/h4-7,10-12,14-15H,8-9,13H2,1-3H3,(H,29,32). The van der Waals surface area contributed by atoms with Crippen molar-refractivity contribution in [3.8, 4) is 11.1 Å². The van der Waals surface area contributed by atoms with Crippen molar-refractivity contribution in [2.45, 2.75) is 38.6 Å². The highest BCUT2D eigenvalue weighted by Crippen LogP contribution is 2.50. The molecule has 0 bridgehead atoms. The van der Waals surface area contributed by atoms with Gasteiger partial charge in [0.1, 0.15) is 11.6 Å². The molecule has 6 nitrogen and oxygen atoms in total. The molecule has 0 aliphatic heterocycles. The lowest BCUT2D eigenvalue weighted by atomic mass is 9.94. The molecule has 1 aromatic heterocycles. The van der Waals surface area contributed by atoms with Crippen LogP contribution < -0.4 is 5.32 Å². The summed E-state index contributed by atoms with van der Waals surface area (Å²) in [6.45, 7) is 4.91. The Morgan fingerprint density at radius 3 is 2.58 bits per heavy atom. The molecule has 1 fully saturated rings. The molecule has 4 rings (SSSR count). The van der Waals surface area contributed by atoms with E-state index in [1.54, 1.807) is 18.3 Å². The number of benzene rings is 2. The van der Waals surface area contributed by atoms with E-state index in [9.17, 15) is 18.4 Å². The maximum absolute atomic E-state index is 14.3. The van der Waals surface area contributed by atoms with Crippen molar-refractivity contribution < 1.29 is 23.1 Å². The zero-order chi connectivity index (χ0) is 23.8. The largest absolute Gasteiger partial charge is 0.465 e. The van der Waals surface area contributed by atoms with Crippen molar-refractivity contribution in [3.63, 3.8) is 0 Å². The summed E-state index contributed by atoms with van der Waals surface area (Å²) in [7, 11) is 1.29. The van der Waals surface area contributed by atoms with E-state index in [-0.39, 0.29) is 11.1 Å². The van der Waals surface area contributed by atoms with Gasteiger partial charge in [-0.25, -0.2) is 13.6 Å². The van der Waals surface area contributed by atoms with Crippen molar-refractivity contribution in [2.75, 3.05) is 12.4 Å². The Morgan fingerprint density at radius 2 is 1.94 bits per heavy atom. The van der Waals surface area contributed by atoms with Crippen LogP contribution >= 0.6 is 0 Å². The average Bonchev–Trinajstić information content (AvgIpc) is 3.45. The van der Waals surface area contributed by atoms with Crippen LogP contribution in [0.3, 0.4) is 0 Å². The summed E-state index contributed by atoms with van der Waals surface area (Å²) in [5, 5.41) is 7.14. The number of methoxy groups -OCH3 is 1. The number of amides is 1. The number of hydrogen-bond donors (Lipinski definition) is 1. The molecule has 172 valence electrons. The molecule has 0 atom stereocenters. The first-order chi connectivity index (χ1) is 15.7. The Balaban J connectivity index is 1.62. The molecule has 1 aliphatic carbocycles. The summed E-state index contributed by atoms with van der Waals surface area (Å²) in [5.74, 6) is -1.98. The van der Waals surface area contributed by atoms with E-state index in [1.807, 2.05) is 10.9 Å². The Hall–Kier alpha value is -3.55. The van der Waals surface area contributed by atoms with Crippen molar-refractivity contribution in [3.05, 3.63) is 71.6 Å². The molecule has 1 amide bonds. The Labute approximate surface area is 190 Å². The van der Waals surface area contributed by atoms with E-state index in [0.29, 0.717) is 30.0 Å². The highest BCUT2D eigenvalue weighted by atomic mass is 19.1. The summed E-state index contributed by atoms with van der Waals surface area (Å²) in [6.07, 6.45) is 4.45. The third-order valence-electron chi connectivity index (χ3n) is 5.81. The molecule has 1 saturated carbocycles. The van der Waals surface area contributed by atoms with Gasteiger partial charge >= 0.3 is 5.97 Å². The second-order valence-corrected chi connectivity index (χ2v) is 8.76. The number of nitrogens with zero attached hydrogens (tertiary/aromatic N) is 2. The zero-order valence-electron chi connectivity index (χ0n) is 18.7. The lowest BCUT2D eigenvalue weighted by Crippen LogP contribution is -2.29. The number of aromatic nitrogens is 2. The van der Waals surface area contributed by atoms with Gasteiger partial charge in [-0.15, -0.1) is 0 Å². The summed E-state index contributed by atoms with van der Waals surface area (Å²) in [6, 6.07) is 8.18. The SMILES string of the molecule is COC(=O)c1cc(NC(=O)C2(c3ccc(F)cc3F)CC2)ccc1-c1cnn(CC(C)C)c1. The van der Waals surface area contributed by atoms with Gasteiger partial charge in [0.05, 0.1) is 24.3 Å². The van der Waals surface area contributed by atoms with Gasteiger partial charge < -0.3 is 10.1 Å². The fraction of sp³-hybridized carbons (Fsp3) is 0.320. The van der Waals surface area contributed by atoms with Crippen LogP contribution in [-0.4, -0.2) is 28.8 Å². The molecule has 8 heteroatoms. The number of esters is 1. The van der Waals surface area contributed by atoms with Crippen LogP contribution in [0.4, 0.5) is 14.5 Å². The lowest BCUT2D eigenvalue weighted by molar-refractivity contribution is -0.118. The number of anilines is 1. The van der Waals surface area contributed by atoms with Gasteiger partial charge in [0.15, 0.2) is 0 Å². The number of ether oxygens (including phenoxy) is 1. The molecular formula is C25H25F2N3O3. The summed E-state index contributed by atoms with van der Waals surface area (Å²) < 4.78 is 34.4. The molecule has 33 heavy (non-hydrogen) atoms. The zero-order valence-corrected chi connectivity index (χ0v) is 18.7. The number of hydrogen-bond acceptors (Lipinski definition) is 4. The maximum atomic E-state index is 14.3. The number of carbonyl (C=O) groups is 2. The minimum Gasteiger partial charge on any atom is -0.465 e. The first-order valence-electron chi connectivity index (χ1n) is 10.8. The van der Waals surface area contributed by atoms with Crippen molar-refractivity contribution in [1.29, 1.82) is 0 Å². The maximum Gasteiger partial charge on any atom is 0.338 e. The van der Waals surface area contributed by atoms with Crippen LogP contribution in [0.1, 0.15) is 42.6 Å². The van der Waals surface area contributed by atoms with Crippen molar-refractivity contribution in [2.24, 2.45) is 5.92 Å². The Morgan fingerprint density at radius 1 is 1.18 bits per heavy atom. The molecular weight excluding hydrogens is 428 g/mol. The average molecular weight is 453 g/mol. The number of nitrogens with one attached hydrogen (secondary N) is 1. The first kappa shape index (κ1) is 22.6. The fourth-order valence-corrected chi connectivity index (χ4v) is 4.00. The van der Waals surface area contributed by atoms with Crippen molar-refractivity contribution in [1.82, 2.24) is 9.78 Å².